The van der Waals surface area contributed by atoms with Gasteiger partial charge >= 0.3 is 0 Å². The van der Waals surface area contributed by atoms with E-state index in [-0.39, 0.29) is 23.3 Å². The third-order valence-electron chi connectivity index (χ3n) is 2.38. The third-order valence-corrected chi connectivity index (χ3v) is 2.38. The maximum atomic E-state index is 10.9. The maximum Gasteiger partial charge on any atom is 0.167 e. The lowest BCUT2D eigenvalue weighted by Gasteiger charge is -2.35. The summed E-state index contributed by atoms with van der Waals surface area (Å²) in [6.45, 7) is 14.5. The molecule has 0 aliphatic heterocycles. The number of carbonyl (C=O) groups excluding carboxylic acids is 1. The molecular weight excluding hydrogens is 227 g/mol. The van der Waals surface area contributed by atoms with Crippen LogP contribution in [0, 0.1) is 0 Å². The minimum absolute atomic E-state index is 0.174. The highest BCUT2D eigenvalue weighted by Gasteiger charge is 2.27. The molecule has 0 amide bonds. The quantitative estimate of drug-likeness (QED) is 0.655. The Bertz CT molecular complexity index is 277. The number of ether oxygens (including phenoxy) is 2. The minimum Gasteiger partial charge on any atom is -0.375 e. The van der Waals surface area contributed by atoms with Crippen LogP contribution in [0.5, 0.6) is 0 Å². The van der Waals surface area contributed by atoms with Gasteiger partial charge in [-0.1, -0.05) is 0 Å². The summed E-state index contributed by atoms with van der Waals surface area (Å²) in [6, 6.07) is 0. The molecule has 0 spiro atoms. The van der Waals surface area contributed by atoms with E-state index in [9.17, 15) is 4.79 Å². The SMILES string of the molecule is [B]C(=O)CC(C)(C)OCCC(C)(C)OC(C)(C)C. The zero-order valence-corrected chi connectivity index (χ0v) is 12.9. The normalized spacial score (nSPS) is 13.7. The van der Waals surface area contributed by atoms with E-state index in [0.717, 1.165) is 6.42 Å². The van der Waals surface area contributed by atoms with Gasteiger partial charge in [0.15, 0.2) is 7.85 Å². The molecular formula is C14H27BO3. The molecule has 0 aliphatic carbocycles. The zero-order valence-electron chi connectivity index (χ0n) is 12.9. The summed E-state index contributed by atoms with van der Waals surface area (Å²) in [5.74, 6) is 0. The first kappa shape index (κ1) is 17.7. The summed E-state index contributed by atoms with van der Waals surface area (Å²) >= 11 is 0. The molecule has 0 aromatic rings. The molecule has 3 nitrogen and oxygen atoms in total. The van der Waals surface area contributed by atoms with Crippen molar-refractivity contribution < 1.29 is 14.3 Å². The van der Waals surface area contributed by atoms with Crippen molar-refractivity contribution >= 4 is 13.5 Å². The van der Waals surface area contributed by atoms with E-state index < -0.39 is 5.60 Å². The molecule has 0 atom stereocenters. The smallest absolute Gasteiger partial charge is 0.167 e. The molecule has 0 bridgehead atoms. The van der Waals surface area contributed by atoms with Crippen LogP contribution >= 0.6 is 0 Å². The van der Waals surface area contributed by atoms with Crippen LogP contribution in [0.15, 0.2) is 0 Å². The molecule has 0 unspecified atom stereocenters. The van der Waals surface area contributed by atoms with Crippen molar-refractivity contribution in [1.82, 2.24) is 0 Å². The average Bonchev–Trinajstić information content (AvgIpc) is 1.93. The summed E-state index contributed by atoms with van der Waals surface area (Å²) < 4.78 is 11.7. The van der Waals surface area contributed by atoms with E-state index in [1.54, 1.807) is 0 Å². The molecule has 0 fully saturated rings. The second-order valence-corrected chi connectivity index (χ2v) is 6.98. The summed E-state index contributed by atoms with van der Waals surface area (Å²) in [7, 11) is 5.18. The Balaban J connectivity index is 4.14. The highest BCUT2D eigenvalue weighted by atomic mass is 16.5. The number of hydrogen-bond donors (Lipinski definition) is 0. The van der Waals surface area contributed by atoms with Gasteiger partial charge in [-0.15, -0.1) is 0 Å². The molecule has 104 valence electrons. The van der Waals surface area contributed by atoms with Gasteiger partial charge in [0.25, 0.3) is 0 Å². The molecule has 0 aromatic carbocycles. The van der Waals surface area contributed by atoms with Gasteiger partial charge in [-0.05, 0) is 54.9 Å². The first-order valence-corrected chi connectivity index (χ1v) is 6.45. The summed E-state index contributed by atoms with van der Waals surface area (Å²) in [5, 5.41) is 0. The van der Waals surface area contributed by atoms with Gasteiger partial charge in [-0.3, -0.25) is 0 Å². The Hall–Kier alpha value is -0.345. The number of rotatable bonds is 7. The topological polar surface area (TPSA) is 35.5 Å². The van der Waals surface area contributed by atoms with Crippen molar-refractivity contribution in [2.75, 3.05) is 6.61 Å². The van der Waals surface area contributed by atoms with Gasteiger partial charge in [0.05, 0.1) is 29.1 Å². The lowest BCUT2D eigenvalue weighted by Crippen LogP contribution is -2.37. The molecule has 18 heavy (non-hydrogen) atoms. The Kier molecular flexibility index (Phi) is 6.08. The largest absolute Gasteiger partial charge is 0.375 e. The molecule has 0 rings (SSSR count). The van der Waals surface area contributed by atoms with Gasteiger partial charge in [0.1, 0.15) is 0 Å². The monoisotopic (exact) mass is 254 g/mol. The number of carbonyl (C=O) groups is 1. The fourth-order valence-corrected chi connectivity index (χ4v) is 1.92. The van der Waals surface area contributed by atoms with Crippen molar-refractivity contribution in [3.63, 3.8) is 0 Å². The Morgan fingerprint density at radius 3 is 1.89 bits per heavy atom. The highest BCUT2D eigenvalue weighted by molar-refractivity contribution is 6.57. The zero-order chi connectivity index (χ0) is 14.6. The summed E-state index contributed by atoms with van der Waals surface area (Å²) in [6.07, 6.45) is 1.00. The van der Waals surface area contributed by atoms with Crippen LogP contribution in [-0.4, -0.2) is 36.9 Å². The standard InChI is InChI=1S/C14H27BO3/c1-12(2,3)18-13(4,5)8-9-17-14(6,7)10-11(15)16/h8-10H2,1-7H3. The summed E-state index contributed by atoms with van der Waals surface area (Å²) in [5.41, 5.74) is -1.28. The molecule has 0 N–H and O–H groups in total. The van der Waals surface area contributed by atoms with Crippen molar-refractivity contribution in [3.8, 4) is 0 Å². The fraction of sp³-hybridized carbons (Fsp3) is 0.929. The molecule has 4 heteroatoms. The van der Waals surface area contributed by atoms with Crippen molar-refractivity contribution in [2.24, 2.45) is 0 Å². The van der Waals surface area contributed by atoms with Gasteiger partial charge in [0.2, 0.25) is 0 Å². The minimum atomic E-state index is -0.510. The molecule has 0 saturated heterocycles. The van der Waals surface area contributed by atoms with E-state index >= 15 is 0 Å². The van der Waals surface area contributed by atoms with Crippen molar-refractivity contribution in [3.05, 3.63) is 0 Å². The highest BCUT2D eigenvalue weighted by Crippen LogP contribution is 2.24. The van der Waals surface area contributed by atoms with Crippen LogP contribution in [-0.2, 0) is 14.3 Å². The van der Waals surface area contributed by atoms with Crippen LogP contribution < -0.4 is 0 Å². The Morgan fingerprint density at radius 1 is 1.00 bits per heavy atom. The van der Waals surface area contributed by atoms with Crippen molar-refractivity contribution in [2.45, 2.75) is 78.1 Å². The molecule has 0 aromatic heterocycles. The second-order valence-electron chi connectivity index (χ2n) is 6.98. The predicted octanol–water partition coefficient (Wildman–Crippen LogP) is 2.85. The fourth-order valence-electron chi connectivity index (χ4n) is 1.92. The maximum absolute atomic E-state index is 10.9. The summed E-state index contributed by atoms with van der Waals surface area (Å²) in [4.78, 5) is 10.9. The Morgan fingerprint density at radius 2 is 1.50 bits per heavy atom. The van der Waals surface area contributed by atoms with Crippen LogP contribution in [0.4, 0.5) is 0 Å². The molecule has 2 radical (unpaired) electrons. The lowest BCUT2D eigenvalue weighted by atomic mass is 9.90. The van der Waals surface area contributed by atoms with E-state index in [2.05, 4.69) is 0 Å². The lowest BCUT2D eigenvalue weighted by molar-refractivity contribution is -0.134. The van der Waals surface area contributed by atoms with E-state index in [0.29, 0.717) is 6.61 Å². The van der Waals surface area contributed by atoms with Crippen LogP contribution in [0.3, 0.4) is 0 Å². The Labute approximate surface area is 113 Å². The van der Waals surface area contributed by atoms with Gasteiger partial charge < -0.3 is 14.3 Å². The van der Waals surface area contributed by atoms with Crippen LogP contribution in [0.25, 0.3) is 0 Å². The molecule has 0 heterocycles. The van der Waals surface area contributed by atoms with E-state index in [1.807, 2.05) is 48.5 Å². The average molecular weight is 254 g/mol. The van der Waals surface area contributed by atoms with Gasteiger partial charge in [-0.2, -0.15) is 0 Å². The van der Waals surface area contributed by atoms with E-state index in [1.165, 1.54) is 0 Å². The van der Waals surface area contributed by atoms with Crippen molar-refractivity contribution in [1.29, 1.82) is 0 Å². The van der Waals surface area contributed by atoms with Crippen LogP contribution in [0.1, 0.15) is 61.3 Å². The molecule has 0 aliphatic rings. The number of hydrogen-bond acceptors (Lipinski definition) is 3. The first-order chi connectivity index (χ1) is 7.83. The predicted molar refractivity (Wildman–Crippen MR) is 74.9 cm³/mol. The second kappa shape index (κ2) is 6.20. The first-order valence-electron chi connectivity index (χ1n) is 6.45. The third kappa shape index (κ3) is 9.66. The van der Waals surface area contributed by atoms with Gasteiger partial charge in [0, 0.05) is 6.42 Å². The van der Waals surface area contributed by atoms with Crippen LogP contribution in [0.2, 0.25) is 0 Å². The van der Waals surface area contributed by atoms with Gasteiger partial charge in [-0.25, -0.2) is 0 Å². The molecule has 0 saturated carbocycles. The van der Waals surface area contributed by atoms with E-state index in [4.69, 9.17) is 17.3 Å².